The van der Waals surface area contributed by atoms with Crippen molar-refractivity contribution in [2.75, 3.05) is 7.05 Å². The average Bonchev–Trinajstić information content (AvgIpc) is 2.82. The highest BCUT2D eigenvalue weighted by Gasteiger charge is 2.12. The van der Waals surface area contributed by atoms with Gasteiger partial charge < -0.3 is 5.32 Å². The monoisotopic (exact) mass is 274 g/mol. The third kappa shape index (κ3) is 3.28. The van der Waals surface area contributed by atoms with Crippen LogP contribution in [0.3, 0.4) is 0 Å². The number of rotatable bonds is 5. The Morgan fingerprint density at radius 3 is 2.53 bits per heavy atom. The summed E-state index contributed by atoms with van der Waals surface area (Å²) in [6, 6.07) is 8.45. The van der Waals surface area contributed by atoms with Crippen LogP contribution in [0.2, 0.25) is 0 Å². The van der Waals surface area contributed by atoms with Crippen LogP contribution in [0.15, 0.2) is 29.8 Å². The Hall–Kier alpha value is -1.52. The molecule has 0 fully saturated rings. The van der Waals surface area contributed by atoms with E-state index in [1.54, 1.807) is 18.3 Å². The van der Waals surface area contributed by atoms with Crippen LogP contribution in [0.1, 0.15) is 30.6 Å². The van der Waals surface area contributed by atoms with Gasteiger partial charge in [-0.2, -0.15) is 0 Å². The molecule has 100 valence electrons. The minimum atomic E-state index is 0.0918. The predicted molar refractivity (Wildman–Crippen MR) is 79.4 cm³/mol. The molecule has 0 radical (unpaired) electrons. The zero-order valence-electron chi connectivity index (χ0n) is 11.4. The molecule has 0 spiro atoms. The van der Waals surface area contributed by atoms with E-state index in [2.05, 4.69) is 34.6 Å². The molecule has 0 aliphatic rings. The molecule has 2 aromatic rings. The van der Waals surface area contributed by atoms with Crippen LogP contribution in [-0.4, -0.2) is 17.8 Å². The van der Waals surface area contributed by atoms with Gasteiger partial charge in [-0.05, 0) is 32.0 Å². The molecule has 0 saturated heterocycles. The summed E-state index contributed by atoms with van der Waals surface area (Å²) in [5.41, 5.74) is 5.25. The normalized spacial score (nSPS) is 12.4. The van der Waals surface area contributed by atoms with Crippen molar-refractivity contribution < 1.29 is 4.79 Å². The number of nitrogens with one attached hydrogen (secondary N) is 1. The first-order valence-electron chi connectivity index (χ1n) is 6.29. The summed E-state index contributed by atoms with van der Waals surface area (Å²) in [5, 5.41) is 3.18. The van der Waals surface area contributed by atoms with E-state index in [9.17, 15) is 4.79 Å². The quantitative estimate of drug-likeness (QED) is 0.909. The standard InChI is InChI=1S/C15H18N2OS/c1-10(18)8-14(16-3)12-4-6-13(7-5-12)15-11(2)17-9-19-15/h4-7,9,14,16H,8H2,1-3H3/t14-/m0/s1. The van der Waals surface area contributed by atoms with Crippen LogP contribution in [0.25, 0.3) is 10.4 Å². The Labute approximate surface area is 117 Å². The summed E-state index contributed by atoms with van der Waals surface area (Å²) in [5.74, 6) is 0.196. The fraction of sp³-hybridized carbons (Fsp3) is 0.333. The summed E-state index contributed by atoms with van der Waals surface area (Å²) in [4.78, 5) is 16.7. The highest BCUT2D eigenvalue weighted by molar-refractivity contribution is 7.13. The van der Waals surface area contributed by atoms with Crippen LogP contribution >= 0.6 is 11.3 Å². The minimum absolute atomic E-state index is 0.0918. The molecule has 0 amide bonds. The van der Waals surface area contributed by atoms with Gasteiger partial charge in [-0.15, -0.1) is 11.3 Å². The number of benzene rings is 1. The molecule has 19 heavy (non-hydrogen) atoms. The number of nitrogens with zero attached hydrogens (tertiary/aromatic N) is 1. The van der Waals surface area contributed by atoms with Gasteiger partial charge >= 0.3 is 0 Å². The largest absolute Gasteiger partial charge is 0.313 e. The smallest absolute Gasteiger partial charge is 0.131 e. The van der Waals surface area contributed by atoms with E-state index in [0.29, 0.717) is 6.42 Å². The second kappa shape index (κ2) is 6.08. The van der Waals surface area contributed by atoms with E-state index in [4.69, 9.17) is 0 Å². The Morgan fingerprint density at radius 2 is 2.05 bits per heavy atom. The van der Waals surface area contributed by atoms with Gasteiger partial charge in [-0.25, -0.2) is 4.98 Å². The van der Waals surface area contributed by atoms with Crippen molar-refractivity contribution in [3.8, 4) is 10.4 Å². The number of hydrogen-bond donors (Lipinski definition) is 1. The first-order chi connectivity index (χ1) is 9.11. The first-order valence-corrected chi connectivity index (χ1v) is 7.17. The third-order valence-corrected chi connectivity index (χ3v) is 4.14. The van der Waals surface area contributed by atoms with Crippen molar-refractivity contribution in [2.45, 2.75) is 26.3 Å². The fourth-order valence-electron chi connectivity index (χ4n) is 2.12. The molecule has 1 aromatic carbocycles. The number of Topliss-reactive ketones (excluding diaryl/α,β-unsaturated/α-hetero) is 1. The topological polar surface area (TPSA) is 42.0 Å². The summed E-state index contributed by atoms with van der Waals surface area (Å²) < 4.78 is 0. The zero-order valence-corrected chi connectivity index (χ0v) is 12.3. The van der Waals surface area contributed by atoms with Crippen LogP contribution in [-0.2, 0) is 4.79 Å². The SMILES string of the molecule is CN[C@@H](CC(C)=O)c1ccc(-c2scnc2C)cc1. The zero-order chi connectivity index (χ0) is 13.8. The minimum Gasteiger partial charge on any atom is -0.313 e. The van der Waals surface area contributed by atoms with Crippen molar-refractivity contribution in [1.29, 1.82) is 0 Å². The molecule has 3 nitrogen and oxygen atoms in total. The molecule has 1 heterocycles. The molecule has 0 aliphatic carbocycles. The van der Waals surface area contributed by atoms with Gasteiger partial charge in [0, 0.05) is 12.5 Å². The van der Waals surface area contributed by atoms with E-state index in [1.807, 2.05) is 19.5 Å². The molecule has 4 heteroatoms. The second-order valence-corrected chi connectivity index (χ2v) is 5.49. The Balaban J connectivity index is 2.22. The van der Waals surface area contributed by atoms with Gasteiger partial charge in [-0.3, -0.25) is 4.79 Å². The van der Waals surface area contributed by atoms with Gasteiger partial charge in [0.15, 0.2) is 0 Å². The van der Waals surface area contributed by atoms with Crippen LogP contribution < -0.4 is 5.32 Å². The van der Waals surface area contributed by atoms with E-state index in [-0.39, 0.29) is 11.8 Å². The molecule has 1 N–H and O–H groups in total. The van der Waals surface area contributed by atoms with Crippen molar-refractivity contribution >= 4 is 17.1 Å². The number of hydrogen-bond acceptors (Lipinski definition) is 4. The predicted octanol–water partition coefficient (Wildman–Crippen LogP) is 3.36. The molecule has 1 aromatic heterocycles. The van der Waals surface area contributed by atoms with Crippen LogP contribution in [0.5, 0.6) is 0 Å². The lowest BCUT2D eigenvalue weighted by Gasteiger charge is -2.15. The Morgan fingerprint density at radius 1 is 1.37 bits per heavy atom. The number of carbonyl (C=O) groups is 1. The molecule has 1 atom stereocenters. The molecule has 0 saturated carbocycles. The maximum absolute atomic E-state index is 11.2. The van der Waals surface area contributed by atoms with Gasteiger partial charge in [0.05, 0.1) is 16.1 Å². The number of aryl methyl sites for hydroxylation is 1. The van der Waals surface area contributed by atoms with E-state index in [0.717, 1.165) is 11.3 Å². The first kappa shape index (κ1) is 13.9. The molecular weight excluding hydrogens is 256 g/mol. The molecule has 2 rings (SSSR count). The van der Waals surface area contributed by atoms with Crippen molar-refractivity contribution in [3.05, 3.63) is 41.0 Å². The van der Waals surface area contributed by atoms with Crippen molar-refractivity contribution in [2.24, 2.45) is 0 Å². The average molecular weight is 274 g/mol. The van der Waals surface area contributed by atoms with Gasteiger partial charge in [0.2, 0.25) is 0 Å². The third-order valence-electron chi connectivity index (χ3n) is 3.16. The van der Waals surface area contributed by atoms with Crippen molar-refractivity contribution in [1.82, 2.24) is 10.3 Å². The van der Waals surface area contributed by atoms with E-state index in [1.165, 1.54) is 10.4 Å². The van der Waals surface area contributed by atoms with Gasteiger partial charge in [0.25, 0.3) is 0 Å². The number of aromatic nitrogens is 1. The maximum Gasteiger partial charge on any atom is 0.131 e. The van der Waals surface area contributed by atoms with Gasteiger partial charge in [0.1, 0.15) is 5.78 Å². The highest BCUT2D eigenvalue weighted by atomic mass is 32.1. The lowest BCUT2D eigenvalue weighted by atomic mass is 10.00. The highest BCUT2D eigenvalue weighted by Crippen LogP contribution is 2.28. The number of ketones is 1. The number of carbonyl (C=O) groups excluding carboxylic acids is 1. The maximum atomic E-state index is 11.2. The number of thiazole rings is 1. The van der Waals surface area contributed by atoms with E-state index < -0.39 is 0 Å². The second-order valence-electron chi connectivity index (χ2n) is 4.64. The molecule has 0 aliphatic heterocycles. The van der Waals surface area contributed by atoms with Crippen molar-refractivity contribution in [3.63, 3.8) is 0 Å². The summed E-state index contributed by atoms with van der Waals surface area (Å²) in [6.45, 7) is 3.64. The van der Waals surface area contributed by atoms with Crippen LogP contribution in [0.4, 0.5) is 0 Å². The molecule has 0 unspecified atom stereocenters. The van der Waals surface area contributed by atoms with E-state index >= 15 is 0 Å². The Bertz CT molecular complexity index is 560. The Kier molecular flexibility index (Phi) is 4.45. The molecular formula is C15H18N2OS. The summed E-state index contributed by atoms with van der Waals surface area (Å²) >= 11 is 1.65. The lowest BCUT2D eigenvalue weighted by Crippen LogP contribution is -2.18. The molecule has 0 bridgehead atoms. The summed E-state index contributed by atoms with van der Waals surface area (Å²) in [7, 11) is 1.88. The fourth-order valence-corrected chi connectivity index (χ4v) is 2.93. The van der Waals surface area contributed by atoms with Gasteiger partial charge in [-0.1, -0.05) is 24.3 Å². The lowest BCUT2D eigenvalue weighted by molar-refractivity contribution is -0.117. The van der Waals surface area contributed by atoms with Crippen LogP contribution in [0, 0.1) is 6.92 Å². The summed E-state index contributed by atoms with van der Waals surface area (Å²) in [6.07, 6.45) is 0.523.